The molecule has 1 aliphatic rings. The summed E-state index contributed by atoms with van der Waals surface area (Å²) < 4.78 is 13.2. The molecule has 0 bridgehead atoms. The zero-order chi connectivity index (χ0) is 14.8. The van der Waals surface area contributed by atoms with E-state index in [2.05, 4.69) is 16.0 Å². The van der Waals surface area contributed by atoms with Gasteiger partial charge in [0.1, 0.15) is 5.82 Å². The van der Waals surface area contributed by atoms with Crippen LogP contribution in [0.3, 0.4) is 0 Å². The van der Waals surface area contributed by atoms with E-state index < -0.39 is 6.10 Å². The van der Waals surface area contributed by atoms with Gasteiger partial charge in [-0.2, -0.15) is 0 Å². The van der Waals surface area contributed by atoms with Crippen LogP contribution in [0, 0.1) is 12.7 Å². The highest BCUT2D eigenvalue weighted by Crippen LogP contribution is 2.32. The number of likely N-dealkylation sites (tertiary alicyclic amines) is 1. The molecule has 0 amide bonds. The highest BCUT2D eigenvalue weighted by atomic mass is 19.1. The SMILES string of the molecule is Cc1cc(F)ccc1C(O)CN1CCCC1c1ccc[nH]1. The van der Waals surface area contributed by atoms with Gasteiger partial charge in [-0.25, -0.2) is 4.39 Å². The molecule has 2 heterocycles. The number of aliphatic hydroxyl groups is 1. The standard InChI is InChI=1S/C17H21FN2O/c1-12-10-13(18)6-7-14(12)17(21)11-20-9-3-5-16(20)15-4-2-8-19-15/h2,4,6-8,10,16-17,19,21H,3,5,9,11H2,1H3. The van der Waals surface area contributed by atoms with Crippen molar-refractivity contribution >= 4 is 0 Å². The summed E-state index contributed by atoms with van der Waals surface area (Å²) >= 11 is 0. The minimum atomic E-state index is -0.582. The number of hydrogen-bond acceptors (Lipinski definition) is 2. The Balaban J connectivity index is 1.73. The first-order chi connectivity index (χ1) is 10.1. The molecule has 1 saturated heterocycles. The summed E-state index contributed by atoms with van der Waals surface area (Å²) in [7, 11) is 0. The molecule has 2 atom stereocenters. The molecular formula is C17H21FN2O. The summed E-state index contributed by atoms with van der Waals surface area (Å²) in [6.07, 6.45) is 3.60. The Bertz CT molecular complexity index is 597. The number of nitrogens with one attached hydrogen (secondary N) is 1. The lowest BCUT2D eigenvalue weighted by molar-refractivity contribution is 0.105. The van der Waals surface area contributed by atoms with Gasteiger partial charge in [0.05, 0.1) is 6.10 Å². The van der Waals surface area contributed by atoms with Crippen molar-refractivity contribution < 1.29 is 9.50 Å². The molecule has 3 rings (SSSR count). The van der Waals surface area contributed by atoms with Gasteiger partial charge in [-0.05, 0) is 61.7 Å². The van der Waals surface area contributed by atoms with Gasteiger partial charge in [-0.3, -0.25) is 4.90 Å². The molecule has 0 radical (unpaired) electrons. The quantitative estimate of drug-likeness (QED) is 0.906. The lowest BCUT2D eigenvalue weighted by atomic mass is 10.0. The second kappa shape index (κ2) is 6.00. The largest absolute Gasteiger partial charge is 0.387 e. The van der Waals surface area contributed by atoms with E-state index in [-0.39, 0.29) is 5.82 Å². The molecule has 2 N–H and O–H groups in total. The van der Waals surface area contributed by atoms with Crippen molar-refractivity contribution in [2.24, 2.45) is 0 Å². The highest BCUT2D eigenvalue weighted by Gasteiger charge is 2.28. The average molecular weight is 288 g/mol. The first kappa shape index (κ1) is 14.3. The number of nitrogens with zero attached hydrogens (tertiary/aromatic N) is 1. The van der Waals surface area contributed by atoms with Crippen LogP contribution in [0.1, 0.15) is 41.8 Å². The maximum Gasteiger partial charge on any atom is 0.123 e. The Hall–Kier alpha value is -1.65. The first-order valence-corrected chi connectivity index (χ1v) is 7.46. The molecular weight excluding hydrogens is 267 g/mol. The minimum Gasteiger partial charge on any atom is -0.387 e. The lowest BCUT2D eigenvalue weighted by Crippen LogP contribution is -2.28. The molecule has 1 aliphatic heterocycles. The highest BCUT2D eigenvalue weighted by molar-refractivity contribution is 5.29. The summed E-state index contributed by atoms with van der Waals surface area (Å²) in [5.74, 6) is -0.256. The van der Waals surface area contributed by atoms with Crippen molar-refractivity contribution in [3.63, 3.8) is 0 Å². The van der Waals surface area contributed by atoms with Gasteiger partial charge in [-0.1, -0.05) is 6.07 Å². The summed E-state index contributed by atoms with van der Waals surface area (Å²) in [5.41, 5.74) is 2.82. The van der Waals surface area contributed by atoms with E-state index >= 15 is 0 Å². The van der Waals surface area contributed by atoms with Gasteiger partial charge >= 0.3 is 0 Å². The predicted octanol–water partition coefficient (Wildman–Crippen LogP) is 3.33. The van der Waals surface area contributed by atoms with Crippen LogP contribution in [-0.4, -0.2) is 28.1 Å². The molecule has 2 unspecified atom stereocenters. The Morgan fingerprint density at radius 3 is 3.00 bits per heavy atom. The maximum atomic E-state index is 13.2. The third-order valence-electron chi connectivity index (χ3n) is 4.34. The molecule has 0 aliphatic carbocycles. The van der Waals surface area contributed by atoms with Gasteiger partial charge in [0, 0.05) is 24.5 Å². The number of rotatable bonds is 4. The van der Waals surface area contributed by atoms with Gasteiger partial charge in [0.15, 0.2) is 0 Å². The van der Waals surface area contributed by atoms with Crippen molar-refractivity contribution in [1.29, 1.82) is 0 Å². The Kier molecular flexibility index (Phi) is 4.08. The van der Waals surface area contributed by atoms with Crippen molar-refractivity contribution in [1.82, 2.24) is 9.88 Å². The normalized spacial score (nSPS) is 20.8. The summed E-state index contributed by atoms with van der Waals surface area (Å²) in [6.45, 7) is 3.41. The van der Waals surface area contributed by atoms with Gasteiger partial charge < -0.3 is 10.1 Å². The molecule has 0 spiro atoms. The van der Waals surface area contributed by atoms with Crippen molar-refractivity contribution in [3.8, 4) is 0 Å². The smallest absolute Gasteiger partial charge is 0.123 e. The second-order valence-corrected chi connectivity index (χ2v) is 5.80. The number of H-pyrrole nitrogens is 1. The van der Waals surface area contributed by atoms with Crippen LogP contribution in [0.25, 0.3) is 0 Å². The van der Waals surface area contributed by atoms with Crippen LogP contribution in [0.5, 0.6) is 0 Å². The average Bonchev–Trinajstić information content (AvgIpc) is 3.08. The van der Waals surface area contributed by atoms with E-state index in [1.165, 1.54) is 17.8 Å². The van der Waals surface area contributed by atoms with Crippen molar-refractivity contribution in [2.45, 2.75) is 31.9 Å². The number of aromatic amines is 1. The number of hydrogen-bond donors (Lipinski definition) is 2. The van der Waals surface area contributed by atoms with Crippen LogP contribution in [0.4, 0.5) is 4.39 Å². The fourth-order valence-electron chi connectivity index (χ4n) is 3.28. The molecule has 1 fully saturated rings. The van der Waals surface area contributed by atoms with Gasteiger partial charge in [-0.15, -0.1) is 0 Å². The zero-order valence-corrected chi connectivity index (χ0v) is 12.2. The summed E-state index contributed by atoms with van der Waals surface area (Å²) in [6, 6.07) is 9.03. The molecule has 1 aromatic heterocycles. The van der Waals surface area contributed by atoms with E-state index in [1.54, 1.807) is 6.07 Å². The van der Waals surface area contributed by atoms with E-state index in [4.69, 9.17) is 0 Å². The van der Waals surface area contributed by atoms with Crippen molar-refractivity contribution in [2.75, 3.05) is 13.1 Å². The van der Waals surface area contributed by atoms with E-state index in [9.17, 15) is 9.50 Å². The van der Waals surface area contributed by atoms with Crippen LogP contribution < -0.4 is 0 Å². The molecule has 3 nitrogen and oxygen atoms in total. The topological polar surface area (TPSA) is 39.3 Å². The number of aliphatic hydroxyl groups excluding tert-OH is 1. The van der Waals surface area contributed by atoms with Crippen LogP contribution in [-0.2, 0) is 0 Å². The second-order valence-electron chi connectivity index (χ2n) is 5.80. The monoisotopic (exact) mass is 288 g/mol. The third-order valence-corrected chi connectivity index (χ3v) is 4.34. The fraction of sp³-hybridized carbons (Fsp3) is 0.412. The van der Waals surface area contributed by atoms with E-state index in [0.717, 1.165) is 30.5 Å². The molecule has 112 valence electrons. The van der Waals surface area contributed by atoms with E-state index in [0.29, 0.717) is 12.6 Å². The Labute approximate surface area is 124 Å². The summed E-state index contributed by atoms with van der Waals surface area (Å²) in [4.78, 5) is 5.57. The number of halogens is 1. The van der Waals surface area contributed by atoms with Gasteiger partial charge in [0.2, 0.25) is 0 Å². The maximum absolute atomic E-state index is 13.2. The molecule has 21 heavy (non-hydrogen) atoms. The predicted molar refractivity (Wildman–Crippen MR) is 80.4 cm³/mol. The molecule has 1 aromatic carbocycles. The summed E-state index contributed by atoms with van der Waals surface area (Å²) in [5, 5.41) is 10.5. The molecule has 2 aromatic rings. The number of aryl methyl sites for hydroxylation is 1. The fourth-order valence-corrected chi connectivity index (χ4v) is 3.28. The number of β-amino-alcohol motifs (C(OH)–C–C–N with tert-alkyl or cyclic N) is 1. The zero-order valence-electron chi connectivity index (χ0n) is 12.2. The van der Waals surface area contributed by atoms with Crippen LogP contribution in [0.15, 0.2) is 36.5 Å². The number of benzene rings is 1. The number of aromatic nitrogens is 1. The van der Waals surface area contributed by atoms with Crippen LogP contribution >= 0.6 is 0 Å². The first-order valence-electron chi connectivity index (χ1n) is 7.46. The lowest BCUT2D eigenvalue weighted by Gasteiger charge is -2.27. The molecule has 0 saturated carbocycles. The third kappa shape index (κ3) is 3.01. The van der Waals surface area contributed by atoms with Crippen LogP contribution in [0.2, 0.25) is 0 Å². The Morgan fingerprint density at radius 1 is 1.43 bits per heavy atom. The Morgan fingerprint density at radius 2 is 2.29 bits per heavy atom. The van der Waals surface area contributed by atoms with E-state index in [1.807, 2.05) is 19.2 Å². The molecule has 4 heteroatoms. The van der Waals surface area contributed by atoms with Crippen molar-refractivity contribution in [3.05, 3.63) is 59.2 Å². The van der Waals surface area contributed by atoms with Gasteiger partial charge in [0.25, 0.3) is 0 Å². The minimum absolute atomic E-state index is 0.256.